The first-order chi connectivity index (χ1) is 4.83. The number of allylic oxidation sites excluding steroid dienone is 2. The molecule has 0 radical (unpaired) electrons. The van der Waals surface area contributed by atoms with Crippen molar-refractivity contribution in [3.63, 3.8) is 0 Å². The number of rotatable bonds is 2. The standard InChI is InChI=1S/C8H12O2/c9-4-8(5-10)6-1-2-7(8)3-6/h1-2,6-7,9-10H,3-5H2. The Hall–Kier alpha value is -0.340. The van der Waals surface area contributed by atoms with Crippen LogP contribution < -0.4 is 0 Å². The fourth-order valence-corrected chi connectivity index (χ4v) is 2.19. The van der Waals surface area contributed by atoms with Crippen molar-refractivity contribution in [1.82, 2.24) is 0 Å². The van der Waals surface area contributed by atoms with Crippen molar-refractivity contribution in [3.8, 4) is 0 Å². The summed E-state index contributed by atoms with van der Waals surface area (Å²) in [5.74, 6) is 0.903. The normalized spacial score (nSPS) is 39.8. The highest BCUT2D eigenvalue weighted by atomic mass is 16.3. The quantitative estimate of drug-likeness (QED) is 0.536. The summed E-state index contributed by atoms with van der Waals surface area (Å²) in [6.45, 7) is 0.262. The van der Waals surface area contributed by atoms with Crippen LogP contribution in [0.15, 0.2) is 12.2 Å². The lowest BCUT2D eigenvalue weighted by Crippen LogP contribution is -2.49. The Bertz CT molecular complexity index is 156. The molecule has 0 spiro atoms. The molecule has 56 valence electrons. The van der Waals surface area contributed by atoms with Gasteiger partial charge in [-0.2, -0.15) is 0 Å². The first kappa shape index (κ1) is 6.38. The van der Waals surface area contributed by atoms with Crippen LogP contribution in [0.4, 0.5) is 0 Å². The van der Waals surface area contributed by atoms with Crippen molar-refractivity contribution in [2.24, 2.45) is 17.3 Å². The van der Waals surface area contributed by atoms with E-state index < -0.39 is 0 Å². The lowest BCUT2D eigenvalue weighted by Gasteiger charge is -2.47. The minimum Gasteiger partial charge on any atom is -0.396 e. The third kappa shape index (κ3) is 0.478. The Balaban J connectivity index is 2.18. The largest absolute Gasteiger partial charge is 0.396 e. The second-order valence-electron chi connectivity index (χ2n) is 3.38. The van der Waals surface area contributed by atoms with Crippen LogP contribution in [-0.4, -0.2) is 23.4 Å². The SMILES string of the molecule is OCC1(CO)C2C=CC1C2. The van der Waals surface area contributed by atoms with Crippen LogP contribution in [0.3, 0.4) is 0 Å². The fraction of sp³-hybridized carbons (Fsp3) is 0.750. The maximum absolute atomic E-state index is 9.02. The minimum absolute atomic E-state index is 0.131. The monoisotopic (exact) mass is 140 g/mol. The number of hydrogen-bond acceptors (Lipinski definition) is 2. The summed E-state index contributed by atoms with van der Waals surface area (Å²) in [4.78, 5) is 0. The van der Waals surface area contributed by atoms with Crippen LogP contribution in [0, 0.1) is 17.3 Å². The molecule has 0 aromatic carbocycles. The van der Waals surface area contributed by atoms with Crippen LogP contribution in [0.5, 0.6) is 0 Å². The molecule has 2 nitrogen and oxygen atoms in total. The predicted molar refractivity (Wildman–Crippen MR) is 37.3 cm³/mol. The summed E-state index contributed by atoms with van der Waals surface area (Å²) in [6.07, 6.45) is 5.38. The van der Waals surface area contributed by atoms with Gasteiger partial charge in [0.05, 0.1) is 13.2 Å². The van der Waals surface area contributed by atoms with Crippen LogP contribution in [0.25, 0.3) is 0 Å². The van der Waals surface area contributed by atoms with Gasteiger partial charge in [0.25, 0.3) is 0 Å². The lowest BCUT2D eigenvalue weighted by atomic mass is 9.58. The second-order valence-corrected chi connectivity index (χ2v) is 3.38. The van der Waals surface area contributed by atoms with E-state index in [0.717, 1.165) is 6.42 Å². The molecular formula is C8H12O2. The van der Waals surface area contributed by atoms with Crippen LogP contribution in [0.2, 0.25) is 0 Å². The molecule has 0 aromatic heterocycles. The predicted octanol–water partition coefficient (Wildman–Crippen LogP) is 0.163. The summed E-state index contributed by atoms with van der Waals surface area (Å²) in [6, 6.07) is 0. The smallest absolute Gasteiger partial charge is 0.0520 e. The van der Waals surface area contributed by atoms with E-state index >= 15 is 0 Å². The molecule has 2 N–H and O–H groups in total. The molecule has 10 heavy (non-hydrogen) atoms. The zero-order valence-electron chi connectivity index (χ0n) is 5.83. The van der Waals surface area contributed by atoms with Gasteiger partial charge in [0, 0.05) is 5.41 Å². The minimum atomic E-state index is -0.167. The topological polar surface area (TPSA) is 40.5 Å². The van der Waals surface area contributed by atoms with Crippen LogP contribution >= 0.6 is 0 Å². The van der Waals surface area contributed by atoms with Gasteiger partial charge in [0.15, 0.2) is 0 Å². The highest BCUT2D eigenvalue weighted by molar-refractivity contribution is 5.23. The molecule has 0 aromatic rings. The summed E-state index contributed by atoms with van der Waals surface area (Å²) < 4.78 is 0. The molecule has 3 aliphatic rings. The molecule has 1 fully saturated rings. The highest BCUT2D eigenvalue weighted by Crippen LogP contribution is 2.57. The summed E-state index contributed by atoms with van der Waals surface area (Å²) in [5.41, 5.74) is -0.167. The van der Waals surface area contributed by atoms with Crippen molar-refractivity contribution in [1.29, 1.82) is 0 Å². The molecule has 3 aliphatic carbocycles. The molecule has 0 amide bonds. The summed E-state index contributed by atoms with van der Waals surface area (Å²) in [5, 5.41) is 18.0. The van der Waals surface area contributed by atoms with Crippen LogP contribution in [-0.2, 0) is 0 Å². The van der Waals surface area contributed by atoms with Crippen molar-refractivity contribution < 1.29 is 10.2 Å². The average molecular weight is 140 g/mol. The fourth-order valence-electron chi connectivity index (χ4n) is 2.19. The summed E-state index contributed by atoms with van der Waals surface area (Å²) in [7, 11) is 0. The Labute approximate surface area is 60.2 Å². The van der Waals surface area contributed by atoms with Gasteiger partial charge in [-0.15, -0.1) is 0 Å². The van der Waals surface area contributed by atoms with E-state index in [0.29, 0.717) is 11.8 Å². The zero-order valence-corrected chi connectivity index (χ0v) is 5.83. The molecule has 2 unspecified atom stereocenters. The van der Waals surface area contributed by atoms with E-state index in [1.54, 1.807) is 0 Å². The average Bonchev–Trinajstić information content (AvgIpc) is 2.48. The second kappa shape index (κ2) is 1.83. The molecule has 2 heteroatoms. The third-order valence-corrected chi connectivity index (χ3v) is 3.15. The molecule has 2 atom stereocenters. The van der Waals surface area contributed by atoms with Crippen LogP contribution in [0.1, 0.15) is 6.42 Å². The molecule has 0 heterocycles. The van der Waals surface area contributed by atoms with E-state index in [1.165, 1.54) is 0 Å². The summed E-state index contributed by atoms with van der Waals surface area (Å²) >= 11 is 0. The van der Waals surface area contributed by atoms with E-state index in [-0.39, 0.29) is 18.6 Å². The maximum atomic E-state index is 9.02. The molecule has 0 aliphatic heterocycles. The zero-order chi connectivity index (χ0) is 7.19. The number of hydrogen-bond donors (Lipinski definition) is 2. The van der Waals surface area contributed by atoms with Gasteiger partial charge in [0.2, 0.25) is 0 Å². The molecule has 0 saturated heterocycles. The Morgan fingerprint density at radius 3 is 1.90 bits per heavy atom. The first-order valence-corrected chi connectivity index (χ1v) is 3.73. The van der Waals surface area contributed by atoms with Crippen molar-refractivity contribution >= 4 is 0 Å². The lowest BCUT2D eigenvalue weighted by molar-refractivity contribution is -0.0715. The van der Waals surface area contributed by atoms with Gasteiger partial charge < -0.3 is 10.2 Å². The van der Waals surface area contributed by atoms with Gasteiger partial charge in [-0.1, -0.05) is 12.2 Å². The third-order valence-electron chi connectivity index (χ3n) is 3.15. The molecule has 3 rings (SSSR count). The van der Waals surface area contributed by atoms with E-state index in [1.807, 2.05) is 0 Å². The van der Waals surface area contributed by atoms with E-state index in [4.69, 9.17) is 10.2 Å². The molecule has 1 saturated carbocycles. The van der Waals surface area contributed by atoms with Gasteiger partial charge in [-0.3, -0.25) is 0 Å². The van der Waals surface area contributed by atoms with E-state index in [2.05, 4.69) is 12.2 Å². The highest BCUT2D eigenvalue weighted by Gasteiger charge is 2.55. The van der Waals surface area contributed by atoms with Crippen molar-refractivity contribution in [3.05, 3.63) is 12.2 Å². The van der Waals surface area contributed by atoms with Crippen molar-refractivity contribution in [2.45, 2.75) is 6.42 Å². The number of aliphatic hydroxyl groups excluding tert-OH is 2. The Morgan fingerprint density at radius 1 is 1.20 bits per heavy atom. The Morgan fingerprint density at radius 2 is 1.70 bits per heavy atom. The van der Waals surface area contributed by atoms with Gasteiger partial charge in [-0.25, -0.2) is 0 Å². The maximum Gasteiger partial charge on any atom is 0.0520 e. The number of aliphatic hydroxyl groups is 2. The molecular weight excluding hydrogens is 128 g/mol. The molecule has 2 bridgehead atoms. The Kier molecular flexibility index (Phi) is 1.17. The van der Waals surface area contributed by atoms with Gasteiger partial charge in [0.1, 0.15) is 0 Å². The van der Waals surface area contributed by atoms with Crippen molar-refractivity contribution in [2.75, 3.05) is 13.2 Å². The van der Waals surface area contributed by atoms with E-state index in [9.17, 15) is 0 Å². The van der Waals surface area contributed by atoms with Gasteiger partial charge in [-0.05, 0) is 18.3 Å². The first-order valence-electron chi connectivity index (χ1n) is 3.73. The van der Waals surface area contributed by atoms with Gasteiger partial charge >= 0.3 is 0 Å².